The molecule has 72 valence electrons. The molecular formula is C9H17NaO3. The van der Waals surface area contributed by atoms with Crippen molar-refractivity contribution in [2.75, 3.05) is 13.2 Å². The Labute approximate surface area is 102 Å². The van der Waals surface area contributed by atoms with Crippen LogP contribution in [0.2, 0.25) is 0 Å². The van der Waals surface area contributed by atoms with Crippen LogP contribution in [0.5, 0.6) is 0 Å². The Morgan fingerprint density at radius 1 is 1.38 bits per heavy atom. The van der Waals surface area contributed by atoms with Crippen molar-refractivity contribution >= 4 is 5.97 Å². The van der Waals surface area contributed by atoms with Crippen LogP contribution in [0, 0.1) is 5.92 Å². The minimum atomic E-state index is -0.948. The van der Waals surface area contributed by atoms with Crippen LogP contribution in [-0.2, 0) is 9.53 Å². The van der Waals surface area contributed by atoms with Crippen LogP contribution in [0.25, 0.3) is 0 Å². The zero-order valence-electron chi connectivity index (χ0n) is 8.84. The van der Waals surface area contributed by atoms with Crippen molar-refractivity contribution in [3.63, 3.8) is 0 Å². The van der Waals surface area contributed by atoms with E-state index >= 15 is 0 Å². The first kappa shape index (κ1) is 15.9. The molecule has 0 aromatic heterocycles. The van der Waals surface area contributed by atoms with Crippen molar-refractivity contribution in [1.29, 1.82) is 0 Å². The smallest absolute Gasteiger partial charge is 0.550 e. The second-order valence-electron chi connectivity index (χ2n) is 2.79. The molecule has 3 nitrogen and oxygen atoms in total. The number of carboxylic acids is 1. The summed E-state index contributed by atoms with van der Waals surface area (Å²) in [5.74, 6) is -1.28. The van der Waals surface area contributed by atoms with Gasteiger partial charge in [-0.3, -0.25) is 0 Å². The minimum Gasteiger partial charge on any atom is -0.550 e. The van der Waals surface area contributed by atoms with E-state index < -0.39 is 5.97 Å². The van der Waals surface area contributed by atoms with Gasteiger partial charge in [-0.1, -0.05) is 13.3 Å². The molecule has 0 aliphatic rings. The van der Waals surface area contributed by atoms with E-state index in [-0.39, 0.29) is 35.5 Å². The number of aliphatic carboxylic acids is 1. The van der Waals surface area contributed by atoms with Crippen LogP contribution in [0.3, 0.4) is 0 Å². The molecule has 4 heteroatoms. The molecule has 0 aromatic rings. The quantitative estimate of drug-likeness (QED) is 0.336. The summed E-state index contributed by atoms with van der Waals surface area (Å²) in [6.07, 6.45) is 2.14. The fourth-order valence-corrected chi connectivity index (χ4v) is 1.10. The van der Waals surface area contributed by atoms with Crippen molar-refractivity contribution < 1.29 is 44.2 Å². The molecule has 0 fully saturated rings. The molecule has 0 saturated carbocycles. The van der Waals surface area contributed by atoms with Crippen LogP contribution >= 0.6 is 0 Å². The van der Waals surface area contributed by atoms with E-state index in [0.717, 1.165) is 6.42 Å². The summed E-state index contributed by atoms with van der Waals surface area (Å²) in [5, 5.41) is 10.5. The molecule has 0 aliphatic carbocycles. The van der Waals surface area contributed by atoms with Crippen LogP contribution in [0.1, 0.15) is 33.1 Å². The van der Waals surface area contributed by atoms with Crippen molar-refractivity contribution in [3.05, 3.63) is 0 Å². The maximum atomic E-state index is 10.5. The summed E-state index contributed by atoms with van der Waals surface area (Å²) < 4.78 is 5.07. The van der Waals surface area contributed by atoms with Crippen molar-refractivity contribution in [2.45, 2.75) is 33.1 Å². The third-order valence-corrected chi connectivity index (χ3v) is 1.79. The number of carboxylic acid groups (broad SMARTS) is 1. The molecule has 13 heavy (non-hydrogen) atoms. The second kappa shape index (κ2) is 10.5. The van der Waals surface area contributed by atoms with Crippen molar-refractivity contribution in [2.24, 2.45) is 5.92 Å². The van der Waals surface area contributed by atoms with Crippen LogP contribution in [0.15, 0.2) is 0 Å². The molecule has 1 unspecified atom stereocenters. The fraction of sp³-hybridized carbons (Fsp3) is 0.889. The molecule has 0 radical (unpaired) electrons. The zero-order chi connectivity index (χ0) is 9.40. The predicted octanol–water partition coefficient (Wildman–Crippen LogP) is -2.42. The van der Waals surface area contributed by atoms with Gasteiger partial charge in [-0.25, -0.2) is 0 Å². The molecule has 0 rings (SSSR count). The zero-order valence-corrected chi connectivity index (χ0v) is 10.8. The summed E-state index contributed by atoms with van der Waals surface area (Å²) in [6.45, 7) is 5.03. The molecule has 0 heterocycles. The molecule has 0 amide bonds. The van der Waals surface area contributed by atoms with E-state index in [2.05, 4.69) is 0 Å². The van der Waals surface area contributed by atoms with Gasteiger partial charge in [0.2, 0.25) is 0 Å². The van der Waals surface area contributed by atoms with Gasteiger partial charge in [-0.05, 0) is 19.8 Å². The molecule has 0 N–H and O–H groups in total. The van der Waals surface area contributed by atoms with Crippen molar-refractivity contribution in [3.8, 4) is 0 Å². The normalized spacial score (nSPS) is 11.8. The summed E-state index contributed by atoms with van der Waals surface area (Å²) in [4.78, 5) is 10.5. The Balaban J connectivity index is 0. The van der Waals surface area contributed by atoms with E-state index in [1.165, 1.54) is 0 Å². The molecule has 0 bridgehead atoms. The number of carbonyl (C=O) groups is 1. The first-order valence-corrected chi connectivity index (χ1v) is 4.50. The molecular weight excluding hydrogens is 179 g/mol. The predicted molar refractivity (Wildman–Crippen MR) is 44.5 cm³/mol. The molecule has 1 atom stereocenters. The number of hydrogen-bond acceptors (Lipinski definition) is 3. The summed E-state index contributed by atoms with van der Waals surface area (Å²) in [5.41, 5.74) is 0. The van der Waals surface area contributed by atoms with Gasteiger partial charge in [0.25, 0.3) is 0 Å². The summed E-state index contributed by atoms with van der Waals surface area (Å²) in [7, 11) is 0. The van der Waals surface area contributed by atoms with Gasteiger partial charge >= 0.3 is 29.6 Å². The first-order valence-electron chi connectivity index (χ1n) is 4.50. The van der Waals surface area contributed by atoms with Gasteiger partial charge in [0.15, 0.2) is 0 Å². The van der Waals surface area contributed by atoms with Gasteiger partial charge in [0.1, 0.15) is 0 Å². The van der Waals surface area contributed by atoms with Gasteiger partial charge in [-0.15, -0.1) is 0 Å². The molecule has 0 spiro atoms. The van der Waals surface area contributed by atoms with Crippen LogP contribution in [-0.4, -0.2) is 19.2 Å². The number of rotatable bonds is 7. The van der Waals surface area contributed by atoms with Crippen molar-refractivity contribution in [1.82, 2.24) is 0 Å². The van der Waals surface area contributed by atoms with Gasteiger partial charge < -0.3 is 14.6 Å². The molecule has 0 saturated heterocycles. The van der Waals surface area contributed by atoms with Crippen LogP contribution < -0.4 is 34.7 Å². The maximum absolute atomic E-state index is 10.5. The van der Waals surface area contributed by atoms with Gasteiger partial charge in [0.05, 0.1) is 0 Å². The number of carbonyl (C=O) groups excluding carboxylic acids is 1. The average Bonchev–Trinajstić information content (AvgIpc) is 2.03. The molecule has 0 aromatic carbocycles. The first-order chi connectivity index (χ1) is 5.72. The third kappa shape index (κ3) is 8.75. The largest absolute Gasteiger partial charge is 1.00 e. The third-order valence-electron chi connectivity index (χ3n) is 1.79. The minimum absolute atomic E-state index is 0. The Morgan fingerprint density at radius 2 is 2.00 bits per heavy atom. The van der Waals surface area contributed by atoms with E-state index in [9.17, 15) is 9.90 Å². The number of ether oxygens (including phenoxy) is 1. The standard InChI is InChI=1S/C9H18O3.Na/c1-3-5-8(9(10)11)6-7-12-4-2;/h8H,3-7H2,1-2H3,(H,10,11);/q;+1/p-1. The number of hydrogen-bond donors (Lipinski definition) is 0. The van der Waals surface area contributed by atoms with E-state index in [4.69, 9.17) is 4.74 Å². The molecule has 0 aliphatic heterocycles. The van der Waals surface area contributed by atoms with Crippen LogP contribution in [0.4, 0.5) is 0 Å². The Bertz CT molecular complexity index is 128. The SMILES string of the molecule is CCCC(CCOCC)C(=O)[O-].[Na+]. The van der Waals surface area contributed by atoms with Gasteiger partial charge in [-0.2, -0.15) is 0 Å². The monoisotopic (exact) mass is 196 g/mol. The van der Waals surface area contributed by atoms with E-state index in [0.29, 0.717) is 26.1 Å². The topological polar surface area (TPSA) is 49.4 Å². The van der Waals surface area contributed by atoms with Gasteiger partial charge in [0, 0.05) is 25.1 Å². The second-order valence-corrected chi connectivity index (χ2v) is 2.79. The Morgan fingerprint density at radius 3 is 2.38 bits per heavy atom. The Hall–Kier alpha value is 0.430. The maximum Gasteiger partial charge on any atom is 1.00 e. The average molecular weight is 196 g/mol. The van der Waals surface area contributed by atoms with E-state index in [1.807, 2.05) is 13.8 Å². The Kier molecular flexibility index (Phi) is 12.8. The fourth-order valence-electron chi connectivity index (χ4n) is 1.10. The summed E-state index contributed by atoms with van der Waals surface area (Å²) >= 11 is 0. The summed E-state index contributed by atoms with van der Waals surface area (Å²) in [6, 6.07) is 0. The van der Waals surface area contributed by atoms with E-state index in [1.54, 1.807) is 0 Å².